The van der Waals surface area contributed by atoms with Crippen molar-refractivity contribution in [1.82, 2.24) is 10.2 Å². The van der Waals surface area contributed by atoms with Gasteiger partial charge in [0.2, 0.25) is 0 Å². The lowest BCUT2D eigenvalue weighted by atomic mass is 9.78. The van der Waals surface area contributed by atoms with Crippen LogP contribution in [0.15, 0.2) is 24.3 Å². The quantitative estimate of drug-likeness (QED) is 0.694. The Balaban J connectivity index is 1.36. The maximum atomic E-state index is 13.9. The van der Waals surface area contributed by atoms with Crippen LogP contribution in [0.1, 0.15) is 38.5 Å². The molecule has 1 aromatic rings. The van der Waals surface area contributed by atoms with E-state index in [0.717, 1.165) is 45.3 Å². The van der Waals surface area contributed by atoms with E-state index < -0.39 is 11.4 Å². The van der Waals surface area contributed by atoms with Crippen molar-refractivity contribution < 1.29 is 19.0 Å². The molecule has 6 heteroatoms. The molecule has 27 heavy (non-hydrogen) atoms. The van der Waals surface area contributed by atoms with Gasteiger partial charge in [-0.3, -0.25) is 4.79 Å². The highest BCUT2D eigenvalue weighted by Crippen LogP contribution is 2.47. The van der Waals surface area contributed by atoms with Gasteiger partial charge in [-0.15, -0.1) is 0 Å². The van der Waals surface area contributed by atoms with Gasteiger partial charge in [-0.2, -0.15) is 0 Å². The Labute approximate surface area is 159 Å². The Morgan fingerprint density at radius 3 is 2.52 bits per heavy atom. The molecule has 0 atom stereocenters. The van der Waals surface area contributed by atoms with Crippen LogP contribution in [0.3, 0.4) is 0 Å². The fraction of sp³-hybridized carbons (Fsp3) is 0.667. The van der Waals surface area contributed by atoms with Gasteiger partial charge in [-0.25, -0.2) is 4.39 Å². The van der Waals surface area contributed by atoms with Gasteiger partial charge in [-0.05, 0) is 63.7 Å². The van der Waals surface area contributed by atoms with Gasteiger partial charge in [0, 0.05) is 24.5 Å². The average Bonchev–Trinajstić information content (AvgIpc) is 3.57. The lowest BCUT2D eigenvalue weighted by molar-refractivity contribution is -0.144. The summed E-state index contributed by atoms with van der Waals surface area (Å²) in [6.45, 7) is 3.78. The molecule has 0 spiro atoms. The summed E-state index contributed by atoms with van der Waals surface area (Å²) >= 11 is 0. The molecular formula is C21H29FN2O3. The summed E-state index contributed by atoms with van der Waals surface area (Å²) in [6.07, 6.45) is 5.94. The highest BCUT2D eigenvalue weighted by atomic mass is 19.1. The molecule has 0 aromatic heterocycles. The third-order valence-electron chi connectivity index (χ3n) is 6.46. The Hall–Kier alpha value is -1.66. The van der Waals surface area contributed by atoms with Gasteiger partial charge in [0.1, 0.15) is 0 Å². The second-order valence-corrected chi connectivity index (χ2v) is 8.74. The second kappa shape index (κ2) is 7.40. The van der Waals surface area contributed by atoms with Gasteiger partial charge in [0.25, 0.3) is 0 Å². The van der Waals surface area contributed by atoms with Crippen LogP contribution in [0.4, 0.5) is 4.39 Å². The zero-order chi connectivity index (χ0) is 18.9. The number of nitrogens with zero attached hydrogens (tertiary/aromatic N) is 1. The maximum Gasteiger partial charge on any atom is 0.310 e. The van der Waals surface area contributed by atoms with E-state index in [4.69, 9.17) is 4.74 Å². The molecule has 1 heterocycles. The number of piperidine rings is 1. The van der Waals surface area contributed by atoms with Crippen molar-refractivity contribution in [1.29, 1.82) is 0 Å². The molecule has 3 fully saturated rings. The molecule has 1 aromatic carbocycles. The number of likely N-dealkylation sites (tertiary alicyclic amines) is 1. The van der Waals surface area contributed by atoms with E-state index in [9.17, 15) is 14.3 Å². The summed E-state index contributed by atoms with van der Waals surface area (Å²) in [4.78, 5) is 13.8. The standard InChI is InChI=1S/C21H29FN2O3/c22-17-3-1-2-4-18(17)27-15-20(13-23-16-5-6-16)9-11-24(12-10-20)14-21(7-8-21)19(25)26/h1-4,16,23H,5-15H2,(H,25,26). The molecule has 1 aliphatic heterocycles. The molecule has 2 aliphatic carbocycles. The molecule has 1 saturated heterocycles. The second-order valence-electron chi connectivity index (χ2n) is 8.74. The molecule has 148 valence electrons. The average molecular weight is 376 g/mol. The number of nitrogens with one attached hydrogen (secondary N) is 1. The minimum atomic E-state index is -0.655. The molecule has 2 N–H and O–H groups in total. The highest BCUT2D eigenvalue weighted by Gasteiger charge is 2.51. The molecule has 5 nitrogen and oxygen atoms in total. The van der Waals surface area contributed by atoms with Crippen LogP contribution in [0.2, 0.25) is 0 Å². The van der Waals surface area contributed by atoms with Crippen LogP contribution in [0.25, 0.3) is 0 Å². The van der Waals surface area contributed by atoms with E-state index in [1.807, 2.05) is 0 Å². The highest BCUT2D eigenvalue weighted by molar-refractivity contribution is 5.78. The van der Waals surface area contributed by atoms with Crippen molar-refractivity contribution >= 4 is 5.97 Å². The smallest absolute Gasteiger partial charge is 0.310 e. The predicted octanol–water partition coefficient (Wildman–Crippen LogP) is 2.90. The first-order valence-electron chi connectivity index (χ1n) is 10.1. The van der Waals surface area contributed by atoms with E-state index in [1.54, 1.807) is 18.2 Å². The zero-order valence-electron chi connectivity index (χ0n) is 15.8. The normalized spacial score (nSPS) is 23.7. The number of ether oxygens (including phenoxy) is 1. The molecule has 0 amide bonds. The minimum absolute atomic E-state index is 0.0265. The molecular weight excluding hydrogens is 347 g/mol. The van der Waals surface area contributed by atoms with Gasteiger partial charge < -0.3 is 20.1 Å². The Bertz CT molecular complexity index is 680. The maximum absolute atomic E-state index is 13.9. The number of para-hydroxylation sites is 1. The number of rotatable bonds is 9. The van der Waals surface area contributed by atoms with Crippen molar-refractivity contribution in [2.24, 2.45) is 10.8 Å². The lowest BCUT2D eigenvalue weighted by Crippen LogP contribution is -2.50. The fourth-order valence-electron chi connectivity index (χ4n) is 4.02. The van der Waals surface area contributed by atoms with Gasteiger partial charge in [0.05, 0.1) is 12.0 Å². The van der Waals surface area contributed by atoms with Gasteiger partial charge in [-0.1, -0.05) is 12.1 Å². The van der Waals surface area contributed by atoms with Crippen molar-refractivity contribution in [2.45, 2.75) is 44.6 Å². The summed E-state index contributed by atoms with van der Waals surface area (Å²) in [5.41, 5.74) is -0.531. The van der Waals surface area contributed by atoms with E-state index >= 15 is 0 Å². The largest absolute Gasteiger partial charge is 0.490 e. The molecule has 0 unspecified atom stereocenters. The van der Waals surface area contributed by atoms with Crippen LogP contribution >= 0.6 is 0 Å². The van der Waals surface area contributed by atoms with E-state index in [-0.39, 0.29) is 11.2 Å². The summed E-state index contributed by atoms with van der Waals surface area (Å²) in [5.74, 6) is -0.663. The van der Waals surface area contributed by atoms with Crippen molar-refractivity contribution in [2.75, 3.05) is 32.8 Å². The predicted molar refractivity (Wildman–Crippen MR) is 100 cm³/mol. The molecule has 0 radical (unpaired) electrons. The number of carbonyl (C=O) groups is 1. The number of hydrogen-bond donors (Lipinski definition) is 2. The third kappa shape index (κ3) is 4.43. The van der Waals surface area contributed by atoms with Crippen molar-refractivity contribution in [3.8, 4) is 5.75 Å². The lowest BCUT2D eigenvalue weighted by Gasteiger charge is -2.42. The fourth-order valence-corrected chi connectivity index (χ4v) is 4.02. The molecule has 0 bridgehead atoms. The van der Waals surface area contributed by atoms with Gasteiger partial charge in [0.15, 0.2) is 11.6 Å². The Kier molecular flexibility index (Phi) is 5.12. The van der Waals surface area contributed by atoms with Crippen LogP contribution < -0.4 is 10.1 Å². The van der Waals surface area contributed by atoms with Crippen molar-refractivity contribution in [3.63, 3.8) is 0 Å². The van der Waals surface area contributed by atoms with E-state index in [1.165, 1.54) is 18.9 Å². The zero-order valence-corrected chi connectivity index (χ0v) is 15.8. The van der Waals surface area contributed by atoms with Crippen LogP contribution in [-0.2, 0) is 4.79 Å². The summed E-state index contributed by atoms with van der Waals surface area (Å²) in [7, 11) is 0. The number of benzene rings is 1. The van der Waals surface area contributed by atoms with Crippen LogP contribution in [0.5, 0.6) is 5.75 Å². The SMILES string of the molecule is O=C(O)C1(CN2CCC(CNC3CC3)(COc3ccccc3F)CC2)CC1. The number of carboxylic acids is 1. The summed E-state index contributed by atoms with van der Waals surface area (Å²) in [6, 6.07) is 7.18. The molecule has 2 saturated carbocycles. The van der Waals surface area contributed by atoms with Crippen LogP contribution in [-0.4, -0.2) is 54.8 Å². The molecule has 4 rings (SSSR count). The number of aliphatic carboxylic acids is 1. The summed E-state index contributed by atoms with van der Waals surface area (Å²) in [5, 5.41) is 13.1. The van der Waals surface area contributed by atoms with E-state index in [2.05, 4.69) is 10.2 Å². The third-order valence-corrected chi connectivity index (χ3v) is 6.46. The summed E-state index contributed by atoms with van der Waals surface area (Å²) < 4.78 is 19.8. The number of halogens is 1. The van der Waals surface area contributed by atoms with Crippen molar-refractivity contribution in [3.05, 3.63) is 30.1 Å². The topological polar surface area (TPSA) is 61.8 Å². The van der Waals surface area contributed by atoms with Gasteiger partial charge >= 0.3 is 5.97 Å². The number of hydrogen-bond acceptors (Lipinski definition) is 4. The first-order chi connectivity index (χ1) is 13.0. The molecule has 3 aliphatic rings. The Morgan fingerprint density at radius 1 is 1.22 bits per heavy atom. The Morgan fingerprint density at radius 2 is 1.93 bits per heavy atom. The first-order valence-corrected chi connectivity index (χ1v) is 10.1. The van der Waals surface area contributed by atoms with Crippen LogP contribution in [0, 0.1) is 16.6 Å². The first kappa shape index (κ1) is 18.7. The monoisotopic (exact) mass is 376 g/mol. The number of carboxylic acid groups (broad SMARTS) is 1. The minimum Gasteiger partial charge on any atom is -0.490 e. The van der Waals surface area contributed by atoms with E-state index in [0.29, 0.717) is 24.9 Å².